The number of rotatable bonds is 2. The molecule has 0 aliphatic heterocycles. The Hall–Kier alpha value is -0.390. The SMILES string of the molecule is COC(F)(F)C1CCCC2(CCC(C(F)(F)F)CC2)C1. The summed E-state index contributed by atoms with van der Waals surface area (Å²) in [5.41, 5.74) is -0.327. The lowest BCUT2D eigenvalue weighted by molar-refractivity contribution is -0.270. The topological polar surface area (TPSA) is 9.23 Å². The highest BCUT2D eigenvalue weighted by Crippen LogP contribution is 2.55. The second-order valence-electron chi connectivity index (χ2n) is 6.38. The van der Waals surface area contributed by atoms with Gasteiger partial charge in [0.05, 0.1) is 11.8 Å². The van der Waals surface area contributed by atoms with E-state index in [4.69, 9.17) is 0 Å². The largest absolute Gasteiger partial charge is 0.391 e. The number of ether oxygens (including phenoxy) is 1. The van der Waals surface area contributed by atoms with Gasteiger partial charge in [0.2, 0.25) is 0 Å². The van der Waals surface area contributed by atoms with Gasteiger partial charge in [-0.2, -0.15) is 22.0 Å². The molecule has 1 spiro atoms. The molecule has 2 saturated carbocycles. The molecule has 6 heteroatoms. The van der Waals surface area contributed by atoms with Gasteiger partial charge in [0.15, 0.2) is 0 Å². The average Bonchev–Trinajstić information content (AvgIpc) is 2.38. The zero-order valence-electron chi connectivity index (χ0n) is 11.6. The van der Waals surface area contributed by atoms with E-state index >= 15 is 0 Å². The summed E-state index contributed by atoms with van der Waals surface area (Å²) in [4.78, 5) is 0. The first-order chi connectivity index (χ1) is 9.19. The third-order valence-corrected chi connectivity index (χ3v) is 5.20. The van der Waals surface area contributed by atoms with Crippen LogP contribution in [0.2, 0.25) is 0 Å². The second-order valence-corrected chi connectivity index (χ2v) is 6.38. The number of halogens is 5. The standard InChI is InChI=1S/C14H21F5O/c1-20-14(18,19)11-3-2-6-12(9-11)7-4-10(5-8-12)13(15,16)17/h10-11H,2-9H2,1H3. The molecule has 2 aliphatic carbocycles. The van der Waals surface area contributed by atoms with E-state index in [1.807, 2.05) is 0 Å². The molecule has 0 aromatic carbocycles. The molecule has 0 N–H and O–H groups in total. The quantitative estimate of drug-likeness (QED) is 0.640. The minimum absolute atomic E-state index is 0.0781. The van der Waals surface area contributed by atoms with Gasteiger partial charge in [0.1, 0.15) is 0 Å². The second kappa shape index (κ2) is 5.43. The molecule has 0 heterocycles. The van der Waals surface area contributed by atoms with Crippen molar-refractivity contribution in [1.82, 2.24) is 0 Å². The number of alkyl halides is 5. The van der Waals surface area contributed by atoms with E-state index in [2.05, 4.69) is 4.74 Å². The molecule has 2 aliphatic rings. The molecule has 0 aromatic rings. The lowest BCUT2D eigenvalue weighted by Gasteiger charge is -2.46. The summed E-state index contributed by atoms with van der Waals surface area (Å²) in [6, 6.07) is 0. The Balaban J connectivity index is 1.99. The van der Waals surface area contributed by atoms with Crippen LogP contribution in [0.5, 0.6) is 0 Å². The van der Waals surface area contributed by atoms with E-state index < -0.39 is 24.1 Å². The van der Waals surface area contributed by atoms with Crippen LogP contribution in [0.4, 0.5) is 22.0 Å². The molecular weight excluding hydrogens is 279 g/mol. The Bertz CT molecular complexity index is 331. The fraction of sp³-hybridized carbons (Fsp3) is 1.00. The van der Waals surface area contributed by atoms with Gasteiger partial charge < -0.3 is 4.74 Å². The van der Waals surface area contributed by atoms with Crippen LogP contribution in [0, 0.1) is 17.3 Å². The molecule has 0 radical (unpaired) electrons. The zero-order chi connectivity index (χ0) is 15.0. The maximum atomic E-state index is 13.6. The molecule has 118 valence electrons. The lowest BCUT2D eigenvalue weighted by atomic mass is 9.60. The Labute approximate surface area is 115 Å². The minimum Gasteiger partial charge on any atom is -0.324 e. The Morgan fingerprint density at radius 3 is 2.00 bits per heavy atom. The van der Waals surface area contributed by atoms with E-state index in [-0.39, 0.29) is 18.3 Å². The van der Waals surface area contributed by atoms with Gasteiger partial charge in [-0.15, -0.1) is 0 Å². The van der Waals surface area contributed by atoms with Crippen molar-refractivity contribution >= 4 is 0 Å². The summed E-state index contributed by atoms with van der Waals surface area (Å²) in [5, 5.41) is 0. The third-order valence-electron chi connectivity index (χ3n) is 5.20. The molecule has 1 unspecified atom stereocenters. The van der Waals surface area contributed by atoms with Crippen molar-refractivity contribution in [2.75, 3.05) is 7.11 Å². The summed E-state index contributed by atoms with van der Waals surface area (Å²) in [7, 11) is 0.988. The van der Waals surface area contributed by atoms with E-state index in [0.717, 1.165) is 13.5 Å². The van der Waals surface area contributed by atoms with Crippen molar-refractivity contribution in [2.24, 2.45) is 17.3 Å². The van der Waals surface area contributed by atoms with E-state index in [9.17, 15) is 22.0 Å². The van der Waals surface area contributed by atoms with Gasteiger partial charge >= 0.3 is 12.3 Å². The van der Waals surface area contributed by atoms with Crippen LogP contribution < -0.4 is 0 Å². The molecule has 0 bridgehead atoms. The summed E-state index contributed by atoms with van der Waals surface area (Å²) < 4.78 is 69.6. The maximum absolute atomic E-state index is 13.6. The van der Waals surface area contributed by atoms with Crippen LogP contribution in [0.1, 0.15) is 51.4 Å². The predicted molar refractivity (Wildman–Crippen MR) is 64.4 cm³/mol. The van der Waals surface area contributed by atoms with Crippen molar-refractivity contribution in [3.8, 4) is 0 Å². The van der Waals surface area contributed by atoms with Gasteiger partial charge in [-0.3, -0.25) is 0 Å². The molecule has 0 amide bonds. The van der Waals surface area contributed by atoms with Crippen LogP contribution in [0.15, 0.2) is 0 Å². The molecular formula is C14H21F5O. The van der Waals surface area contributed by atoms with Gasteiger partial charge in [-0.25, -0.2) is 0 Å². The van der Waals surface area contributed by atoms with Crippen molar-refractivity contribution in [3.63, 3.8) is 0 Å². The number of hydrogen-bond acceptors (Lipinski definition) is 1. The fourth-order valence-corrected chi connectivity index (χ4v) is 3.92. The first kappa shape index (κ1) is 16.0. The Morgan fingerprint density at radius 1 is 0.900 bits per heavy atom. The summed E-state index contributed by atoms with van der Waals surface area (Å²) >= 11 is 0. The molecule has 20 heavy (non-hydrogen) atoms. The van der Waals surface area contributed by atoms with E-state index in [0.29, 0.717) is 32.1 Å². The Morgan fingerprint density at radius 2 is 1.50 bits per heavy atom. The average molecular weight is 300 g/mol. The molecule has 0 aromatic heterocycles. The lowest BCUT2D eigenvalue weighted by Crippen LogP contribution is -2.42. The van der Waals surface area contributed by atoms with Crippen molar-refractivity contribution in [2.45, 2.75) is 63.7 Å². The normalized spacial score (nSPS) is 36.3. The minimum atomic E-state index is -4.15. The summed E-state index contributed by atoms with van der Waals surface area (Å²) in [6.07, 6.45) is -4.22. The molecule has 2 rings (SSSR count). The first-order valence-electron chi connectivity index (χ1n) is 7.18. The van der Waals surface area contributed by atoms with Crippen LogP contribution in [-0.2, 0) is 4.74 Å². The monoisotopic (exact) mass is 300 g/mol. The summed E-state index contributed by atoms with van der Waals surface area (Å²) in [5.74, 6) is -2.11. The predicted octanol–water partition coefficient (Wildman–Crippen LogP) is 5.15. The number of methoxy groups -OCH3 is 1. The van der Waals surface area contributed by atoms with Crippen LogP contribution in [-0.4, -0.2) is 19.4 Å². The van der Waals surface area contributed by atoms with Gasteiger partial charge in [0.25, 0.3) is 0 Å². The van der Waals surface area contributed by atoms with Crippen LogP contribution in [0.25, 0.3) is 0 Å². The smallest absolute Gasteiger partial charge is 0.324 e. The molecule has 1 nitrogen and oxygen atoms in total. The molecule has 2 fully saturated rings. The van der Waals surface area contributed by atoms with Crippen LogP contribution >= 0.6 is 0 Å². The highest BCUT2D eigenvalue weighted by atomic mass is 19.4. The summed E-state index contributed by atoms with van der Waals surface area (Å²) in [6.45, 7) is 0. The first-order valence-corrected chi connectivity index (χ1v) is 7.18. The zero-order valence-corrected chi connectivity index (χ0v) is 11.6. The van der Waals surface area contributed by atoms with Crippen molar-refractivity contribution < 1.29 is 26.7 Å². The van der Waals surface area contributed by atoms with E-state index in [1.54, 1.807) is 0 Å². The maximum Gasteiger partial charge on any atom is 0.391 e. The fourth-order valence-electron chi connectivity index (χ4n) is 3.92. The van der Waals surface area contributed by atoms with Gasteiger partial charge in [-0.1, -0.05) is 6.42 Å². The molecule has 0 saturated heterocycles. The third kappa shape index (κ3) is 3.26. The highest BCUT2D eigenvalue weighted by Gasteiger charge is 2.51. The van der Waals surface area contributed by atoms with Crippen LogP contribution in [0.3, 0.4) is 0 Å². The number of hydrogen-bond donors (Lipinski definition) is 0. The Kier molecular flexibility index (Phi) is 4.34. The van der Waals surface area contributed by atoms with Crippen molar-refractivity contribution in [3.05, 3.63) is 0 Å². The van der Waals surface area contributed by atoms with Gasteiger partial charge in [-0.05, 0) is 50.4 Å². The van der Waals surface area contributed by atoms with E-state index in [1.165, 1.54) is 0 Å². The van der Waals surface area contributed by atoms with Crippen molar-refractivity contribution in [1.29, 1.82) is 0 Å². The highest BCUT2D eigenvalue weighted by molar-refractivity contribution is 4.93. The van der Waals surface area contributed by atoms with Gasteiger partial charge in [0, 0.05) is 7.11 Å². The molecule has 1 atom stereocenters.